The predicted octanol–water partition coefficient (Wildman–Crippen LogP) is 4.34. The van der Waals surface area contributed by atoms with Gasteiger partial charge in [-0.1, -0.05) is 47.1 Å². The number of amides is 2. The maximum Gasteiger partial charge on any atom is 0.253 e. The molecule has 1 atom stereocenters. The van der Waals surface area contributed by atoms with Gasteiger partial charge in [-0.25, -0.2) is 0 Å². The van der Waals surface area contributed by atoms with Crippen LogP contribution in [0.2, 0.25) is 10.0 Å². The molecule has 0 radical (unpaired) electrons. The molecule has 0 aliphatic rings. The number of halogens is 2. The van der Waals surface area contributed by atoms with E-state index in [1.807, 2.05) is 0 Å². The third-order valence-electron chi connectivity index (χ3n) is 4.18. The molecule has 156 valence electrons. The summed E-state index contributed by atoms with van der Waals surface area (Å²) in [4.78, 5) is 24.6. The van der Waals surface area contributed by atoms with Gasteiger partial charge in [0.05, 0.1) is 22.4 Å². The fraction of sp³-hybridized carbons (Fsp3) is 0.200. The Morgan fingerprint density at radius 3 is 2.50 bits per heavy atom. The summed E-state index contributed by atoms with van der Waals surface area (Å²) in [6.07, 6.45) is 0. The van der Waals surface area contributed by atoms with Crippen LogP contribution in [-0.4, -0.2) is 32.3 Å². The number of benzene rings is 2. The largest absolute Gasteiger partial charge is 0.342 e. The van der Waals surface area contributed by atoms with Crippen LogP contribution >= 0.6 is 35.0 Å². The van der Waals surface area contributed by atoms with Gasteiger partial charge < -0.3 is 15.2 Å². The first-order valence-electron chi connectivity index (χ1n) is 8.98. The number of hydrogen-bond donors (Lipinski definition) is 2. The molecule has 1 aromatic heterocycles. The minimum Gasteiger partial charge on any atom is -0.342 e. The molecule has 0 aliphatic carbocycles. The van der Waals surface area contributed by atoms with E-state index < -0.39 is 6.04 Å². The lowest BCUT2D eigenvalue weighted by atomic mass is 10.2. The zero-order valence-corrected chi connectivity index (χ0v) is 18.6. The number of nitrogens with zero attached hydrogens (tertiary/aromatic N) is 3. The molecule has 0 fully saturated rings. The smallest absolute Gasteiger partial charge is 0.253 e. The van der Waals surface area contributed by atoms with Crippen LogP contribution in [0.5, 0.6) is 0 Å². The number of anilines is 1. The highest BCUT2D eigenvalue weighted by atomic mass is 35.5. The highest BCUT2D eigenvalue weighted by Gasteiger charge is 2.20. The van der Waals surface area contributed by atoms with Crippen molar-refractivity contribution in [3.8, 4) is 0 Å². The van der Waals surface area contributed by atoms with Gasteiger partial charge in [-0.2, -0.15) is 0 Å². The number of carbonyl (C=O) groups is 2. The number of hydrogen-bond acceptors (Lipinski definition) is 5. The van der Waals surface area contributed by atoms with Crippen molar-refractivity contribution in [1.82, 2.24) is 20.1 Å². The number of nitrogens with one attached hydrogen (secondary N) is 2. The number of aromatic nitrogens is 3. The highest BCUT2D eigenvalue weighted by Crippen LogP contribution is 2.21. The second-order valence-electron chi connectivity index (χ2n) is 6.42. The van der Waals surface area contributed by atoms with Crippen molar-refractivity contribution in [2.75, 3.05) is 11.1 Å². The highest BCUT2D eigenvalue weighted by molar-refractivity contribution is 7.99. The van der Waals surface area contributed by atoms with Crippen LogP contribution in [0.4, 0.5) is 5.69 Å². The van der Waals surface area contributed by atoms with E-state index in [0.29, 0.717) is 32.3 Å². The van der Waals surface area contributed by atoms with Crippen molar-refractivity contribution in [2.45, 2.75) is 18.1 Å². The van der Waals surface area contributed by atoms with E-state index >= 15 is 0 Å². The van der Waals surface area contributed by atoms with Gasteiger partial charge >= 0.3 is 0 Å². The first-order chi connectivity index (χ1) is 14.3. The maximum absolute atomic E-state index is 12.5. The molecule has 0 bridgehead atoms. The lowest BCUT2D eigenvalue weighted by Crippen LogP contribution is -2.28. The van der Waals surface area contributed by atoms with Gasteiger partial charge in [0.2, 0.25) is 5.91 Å². The van der Waals surface area contributed by atoms with E-state index in [4.69, 9.17) is 23.2 Å². The summed E-state index contributed by atoms with van der Waals surface area (Å²) in [5, 5.41) is 15.5. The summed E-state index contributed by atoms with van der Waals surface area (Å²) >= 11 is 13.2. The minimum absolute atomic E-state index is 0.162. The Morgan fingerprint density at radius 1 is 1.10 bits per heavy atom. The fourth-order valence-electron chi connectivity index (χ4n) is 2.67. The van der Waals surface area contributed by atoms with E-state index in [9.17, 15) is 9.59 Å². The molecule has 10 heteroatoms. The van der Waals surface area contributed by atoms with Crippen LogP contribution in [-0.2, 0) is 11.8 Å². The molecule has 2 amide bonds. The molecular weight excluding hydrogens is 445 g/mol. The van der Waals surface area contributed by atoms with Gasteiger partial charge in [-0.3, -0.25) is 9.59 Å². The predicted molar refractivity (Wildman–Crippen MR) is 119 cm³/mol. The van der Waals surface area contributed by atoms with Crippen LogP contribution in [0, 0.1) is 0 Å². The van der Waals surface area contributed by atoms with Crippen molar-refractivity contribution in [2.24, 2.45) is 7.05 Å². The summed E-state index contributed by atoms with van der Waals surface area (Å²) in [6, 6.07) is 13.3. The molecule has 7 nitrogen and oxygen atoms in total. The van der Waals surface area contributed by atoms with Crippen LogP contribution in [0.15, 0.2) is 53.7 Å². The molecule has 0 aliphatic heterocycles. The van der Waals surface area contributed by atoms with E-state index in [-0.39, 0.29) is 17.6 Å². The van der Waals surface area contributed by atoms with E-state index in [1.54, 1.807) is 67.1 Å². The first-order valence-corrected chi connectivity index (χ1v) is 10.7. The monoisotopic (exact) mass is 463 g/mol. The summed E-state index contributed by atoms with van der Waals surface area (Å²) in [5.41, 5.74) is 1.06. The minimum atomic E-state index is -0.400. The second-order valence-corrected chi connectivity index (χ2v) is 8.20. The van der Waals surface area contributed by atoms with Crippen LogP contribution < -0.4 is 10.6 Å². The fourth-order valence-corrected chi connectivity index (χ4v) is 3.74. The topological polar surface area (TPSA) is 88.9 Å². The van der Waals surface area contributed by atoms with Crippen molar-refractivity contribution in [3.05, 3.63) is 70.0 Å². The van der Waals surface area contributed by atoms with E-state index in [1.165, 1.54) is 11.8 Å². The molecule has 0 saturated heterocycles. The Labute approximate surface area is 188 Å². The standard InChI is InChI=1S/C20H19Cl2N5O2S/c1-12(23-19(29)15-5-3-4-6-16(15)22)18-25-26-20(27(18)2)30-11-17(28)24-14-9-7-13(21)8-10-14/h3-10,12H,11H2,1-2H3,(H,23,29)(H,24,28). The van der Waals surface area contributed by atoms with Crippen molar-refractivity contribution < 1.29 is 9.59 Å². The molecule has 2 N–H and O–H groups in total. The molecule has 2 aromatic carbocycles. The average molecular weight is 464 g/mol. The summed E-state index contributed by atoms with van der Waals surface area (Å²) in [5.74, 6) is 0.255. The Hall–Kier alpha value is -2.55. The van der Waals surface area contributed by atoms with Crippen molar-refractivity contribution in [3.63, 3.8) is 0 Å². The van der Waals surface area contributed by atoms with Gasteiger partial charge in [0, 0.05) is 17.8 Å². The second kappa shape index (κ2) is 9.97. The summed E-state index contributed by atoms with van der Waals surface area (Å²) in [6.45, 7) is 1.81. The van der Waals surface area contributed by atoms with Gasteiger partial charge in [0.25, 0.3) is 5.91 Å². The molecule has 30 heavy (non-hydrogen) atoms. The van der Waals surface area contributed by atoms with Crippen LogP contribution in [0.1, 0.15) is 29.1 Å². The van der Waals surface area contributed by atoms with Gasteiger partial charge in [0.1, 0.15) is 0 Å². The third kappa shape index (κ3) is 5.53. The quantitative estimate of drug-likeness (QED) is 0.508. The lowest BCUT2D eigenvalue weighted by molar-refractivity contribution is -0.113. The van der Waals surface area contributed by atoms with Gasteiger partial charge in [0.15, 0.2) is 11.0 Å². The molecule has 1 unspecified atom stereocenters. The zero-order valence-electron chi connectivity index (χ0n) is 16.2. The lowest BCUT2D eigenvalue weighted by Gasteiger charge is -2.14. The molecule has 0 saturated carbocycles. The molecule has 0 spiro atoms. The Bertz CT molecular complexity index is 1060. The van der Waals surface area contributed by atoms with Crippen LogP contribution in [0.3, 0.4) is 0 Å². The Kier molecular flexibility index (Phi) is 7.36. The average Bonchev–Trinajstić information content (AvgIpc) is 3.09. The molecular formula is C20H19Cl2N5O2S. The molecule has 1 heterocycles. The zero-order chi connectivity index (χ0) is 21.7. The normalized spacial score (nSPS) is 11.7. The van der Waals surface area contributed by atoms with Crippen LogP contribution in [0.25, 0.3) is 0 Å². The van der Waals surface area contributed by atoms with Crippen molar-refractivity contribution >= 4 is 52.5 Å². The summed E-state index contributed by atoms with van der Waals surface area (Å²) < 4.78 is 1.75. The third-order valence-corrected chi connectivity index (χ3v) is 5.78. The van der Waals surface area contributed by atoms with E-state index in [2.05, 4.69) is 20.8 Å². The number of thioether (sulfide) groups is 1. The Balaban J connectivity index is 1.58. The van der Waals surface area contributed by atoms with Crippen molar-refractivity contribution in [1.29, 1.82) is 0 Å². The first kappa shape index (κ1) is 22.1. The Morgan fingerprint density at radius 2 is 1.80 bits per heavy atom. The maximum atomic E-state index is 12.5. The SMILES string of the molecule is CC(NC(=O)c1ccccc1Cl)c1nnc(SCC(=O)Nc2ccc(Cl)cc2)n1C. The molecule has 3 rings (SSSR count). The number of rotatable bonds is 7. The van der Waals surface area contributed by atoms with E-state index in [0.717, 1.165) is 0 Å². The summed E-state index contributed by atoms with van der Waals surface area (Å²) in [7, 11) is 1.78. The molecule has 3 aromatic rings. The van der Waals surface area contributed by atoms with Gasteiger partial charge in [-0.05, 0) is 43.3 Å². The number of carbonyl (C=O) groups excluding carboxylic acids is 2. The van der Waals surface area contributed by atoms with Gasteiger partial charge in [-0.15, -0.1) is 10.2 Å².